The number of hydrogen-bond acceptors (Lipinski definition) is 8. The largest absolute Gasteiger partial charge is 0.491 e. The van der Waals surface area contributed by atoms with E-state index in [0.29, 0.717) is 50.2 Å². The van der Waals surface area contributed by atoms with Crippen molar-refractivity contribution < 1.29 is 22.6 Å². The Morgan fingerprint density at radius 2 is 2.16 bits per heavy atom. The van der Waals surface area contributed by atoms with Gasteiger partial charge in [0.2, 0.25) is 10.0 Å². The molecule has 2 aromatic heterocycles. The second-order valence-electron chi connectivity index (χ2n) is 8.16. The van der Waals surface area contributed by atoms with Crippen LogP contribution in [0.3, 0.4) is 0 Å². The second-order valence-corrected chi connectivity index (χ2v) is 10.1. The van der Waals surface area contributed by atoms with Gasteiger partial charge in [-0.2, -0.15) is 0 Å². The molecule has 0 aliphatic carbocycles. The SMILES string of the molecule is COc1ccc(-c2ncccc2CNC2CCCN(S(C)(=O)=O)C2)nc1O[C@@H]1CCOC1. The topological polar surface area (TPSA) is 103 Å². The van der Waals surface area contributed by atoms with E-state index in [0.717, 1.165) is 30.5 Å². The first-order valence-corrected chi connectivity index (χ1v) is 12.7. The molecule has 9 nitrogen and oxygen atoms in total. The molecule has 0 aromatic carbocycles. The number of aromatic nitrogens is 2. The van der Waals surface area contributed by atoms with Crippen LogP contribution in [-0.4, -0.2) is 74.5 Å². The van der Waals surface area contributed by atoms with Gasteiger partial charge in [0, 0.05) is 38.3 Å². The first-order chi connectivity index (χ1) is 15.4. The lowest BCUT2D eigenvalue weighted by Gasteiger charge is -2.31. The van der Waals surface area contributed by atoms with Crippen molar-refractivity contribution in [2.24, 2.45) is 0 Å². The molecule has 4 rings (SSSR count). The van der Waals surface area contributed by atoms with Crippen LogP contribution in [-0.2, 0) is 21.3 Å². The highest BCUT2D eigenvalue weighted by atomic mass is 32.2. The average Bonchev–Trinajstić information content (AvgIpc) is 3.31. The van der Waals surface area contributed by atoms with Gasteiger partial charge in [0.1, 0.15) is 6.10 Å². The maximum atomic E-state index is 11.9. The zero-order valence-electron chi connectivity index (χ0n) is 18.5. The third-order valence-electron chi connectivity index (χ3n) is 5.78. The molecule has 2 saturated heterocycles. The van der Waals surface area contributed by atoms with Gasteiger partial charge in [-0.15, -0.1) is 0 Å². The third-order valence-corrected chi connectivity index (χ3v) is 7.05. The molecule has 2 fully saturated rings. The molecular weight excluding hydrogens is 432 g/mol. The van der Waals surface area contributed by atoms with E-state index in [1.807, 2.05) is 24.3 Å². The Morgan fingerprint density at radius 1 is 1.28 bits per heavy atom. The van der Waals surface area contributed by atoms with Crippen LogP contribution in [0.25, 0.3) is 11.4 Å². The van der Waals surface area contributed by atoms with Crippen LogP contribution in [0.5, 0.6) is 11.6 Å². The number of nitrogens with zero attached hydrogens (tertiary/aromatic N) is 3. The zero-order chi connectivity index (χ0) is 22.6. The van der Waals surface area contributed by atoms with Gasteiger partial charge >= 0.3 is 0 Å². The maximum Gasteiger partial charge on any atom is 0.257 e. The van der Waals surface area contributed by atoms with Crippen molar-refractivity contribution in [2.45, 2.75) is 38.0 Å². The zero-order valence-corrected chi connectivity index (χ0v) is 19.3. The monoisotopic (exact) mass is 462 g/mol. The average molecular weight is 463 g/mol. The summed E-state index contributed by atoms with van der Waals surface area (Å²) in [6.07, 6.45) is 5.56. The summed E-state index contributed by atoms with van der Waals surface area (Å²) in [4.78, 5) is 9.26. The number of hydrogen-bond donors (Lipinski definition) is 1. The lowest BCUT2D eigenvalue weighted by Crippen LogP contribution is -2.47. The van der Waals surface area contributed by atoms with Gasteiger partial charge in [-0.3, -0.25) is 4.98 Å². The number of methoxy groups -OCH3 is 1. The van der Waals surface area contributed by atoms with Gasteiger partial charge in [-0.25, -0.2) is 17.7 Å². The predicted molar refractivity (Wildman–Crippen MR) is 120 cm³/mol. The highest BCUT2D eigenvalue weighted by Crippen LogP contribution is 2.31. The molecule has 32 heavy (non-hydrogen) atoms. The van der Waals surface area contributed by atoms with E-state index in [9.17, 15) is 8.42 Å². The molecule has 0 bridgehead atoms. The molecule has 1 N–H and O–H groups in total. The molecule has 2 aromatic rings. The van der Waals surface area contributed by atoms with E-state index < -0.39 is 10.0 Å². The van der Waals surface area contributed by atoms with Crippen LogP contribution >= 0.6 is 0 Å². The lowest BCUT2D eigenvalue weighted by atomic mass is 10.1. The standard InChI is InChI=1S/C22H30N4O5S/c1-29-20-8-7-19(25-22(20)31-18-9-12-30-15-18)21-16(5-3-10-23-21)13-24-17-6-4-11-26(14-17)32(2,27)28/h3,5,7-8,10,17-18,24H,4,6,9,11-15H2,1-2H3/t17?,18-/m1/s1. The summed E-state index contributed by atoms with van der Waals surface area (Å²) >= 11 is 0. The van der Waals surface area contributed by atoms with Crippen LogP contribution in [0, 0.1) is 0 Å². The van der Waals surface area contributed by atoms with E-state index in [1.165, 1.54) is 6.26 Å². The van der Waals surface area contributed by atoms with Crippen molar-refractivity contribution >= 4 is 10.0 Å². The molecule has 4 heterocycles. The van der Waals surface area contributed by atoms with Crippen molar-refractivity contribution in [3.63, 3.8) is 0 Å². The van der Waals surface area contributed by atoms with Crippen LogP contribution in [0.2, 0.25) is 0 Å². The molecule has 2 atom stereocenters. The Bertz CT molecular complexity index is 1030. The highest BCUT2D eigenvalue weighted by Gasteiger charge is 2.26. The molecule has 174 valence electrons. The molecule has 0 saturated carbocycles. The van der Waals surface area contributed by atoms with Crippen molar-refractivity contribution in [3.05, 3.63) is 36.0 Å². The summed E-state index contributed by atoms with van der Waals surface area (Å²) in [7, 11) is -1.59. The molecule has 1 unspecified atom stereocenters. The van der Waals surface area contributed by atoms with Crippen molar-refractivity contribution in [1.29, 1.82) is 0 Å². The molecule has 0 amide bonds. The molecule has 2 aliphatic heterocycles. The Morgan fingerprint density at radius 3 is 2.91 bits per heavy atom. The fourth-order valence-corrected chi connectivity index (χ4v) is 4.95. The van der Waals surface area contributed by atoms with Crippen molar-refractivity contribution in [2.75, 3.05) is 39.7 Å². The summed E-state index contributed by atoms with van der Waals surface area (Å²) < 4.78 is 42.2. The third kappa shape index (κ3) is 5.55. The van der Waals surface area contributed by atoms with E-state index >= 15 is 0 Å². The van der Waals surface area contributed by atoms with Gasteiger partial charge < -0.3 is 19.5 Å². The van der Waals surface area contributed by atoms with Crippen LogP contribution in [0.15, 0.2) is 30.5 Å². The fraction of sp³-hybridized carbons (Fsp3) is 0.545. The minimum atomic E-state index is -3.18. The van der Waals surface area contributed by atoms with Gasteiger partial charge in [-0.05, 0) is 36.6 Å². The smallest absolute Gasteiger partial charge is 0.257 e. The number of ether oxygens (including phenoxy) is 3. The van der Waals surface area contributed by atoms with Gasteiger partial charge in [0.15, 0.2) is 5.75 Å². The molecule has 0 spiro atoms. The minimum absolute atomic E-state index is 0.0411. The van der Waals surface area contributed by atoms with Crippen LogP contribution in [0.1, 0.15) is 24.8 Å². The van der Waals surface area contributed by atoms with E-state index in [2.05, 4.69) is 10.3 Å². The number of sulfonamides is 1. The highest BCUT2D eigenvalue weighted by molar-refractivity contribution is 7.88. The molecular formula is C22H30N4O5S. The van der Waals surface area contributed by atoms with Gasteiger partial charge in [0.25, 0.3) is 5.88 Å². The van der Waals surface area contributed by atoms with Crippen LogP contribution in [0.4, 0.5) is 0 Å². The summed E-state index contributed by atoms with van der Waals surface area (Å²) in [6, 6.07) is 7.70. The molecule has 10 heteroatoms. The summed E-state index contributed by atoms with van der Waals surface area (Å²) in [5.41, 5.74) is 2.43. The first kappa shape index (κ1) is 22.9. The molecule has 0 radical (unpaired) electrons. The molecule has 2 aliphatic rings. The second kappa shape index (κ2) is 10.1. The fourth-order valence-electron chi connectivity index (χ4n) is 4.04. The maximum absolute atomic E-state index is 11.9. The van der Waals surface area contributed by atoms with E-state index in [4.69, 9.17) is 19.2 Å². The first-order valence-electron chi connectivity index (χ1n) is 10.9. The number of piperidine rings is 1. The van der Waals surface area contributed by atoms with E-state index in [1.54, 1.807) is 17.6 Å². The predicted octanol–water partition coefficient (Wildman–Crippen LogP) is 1.83. The lowest BCUT2D eigenvalue weighted by molar-refractivity contribution is 0.135. The summed E-state index contributed by atoms with van der Waals surface area (Å²) in [5.74, 6) is 1.00. The Kier molecular flexibility index (Phi) is 7.24. The van der Waals surface area contributed by atoms with Crippen molar-refractivity contribution in [1.82, 2.24) is 19.6 Å². The van der Waals surface area contributed by atoms with Crippen molar-refractivity contribution in [3.8, 4) is 23.0 Å². The summed E-state index contributed by atoms with van der Waals surface area (Å²) in [6.45, 7) is 2.85. The summed E-state index contributed by atoms with van der Waals surface area (Å²) in [5, 5.41) is 3.50. The van der Waals surface area contributed by atoms with Gasteiger partial charge in [0.05, 0.1) is 38.0 Å². The quantitative estimate of drug-likeness (QED) is 0.634. The van der Waals surface area contributed by atoms with Crippen LogP contribution < -0.4 is 14.8 Å². The normalized spacial score (nSPS) is 22.1. The number of pyridine rings is 2. The number of rotatable bonds is 8. The Balaban J connectivity index is 1.50. The Hall–Kier alpha value is -2.27. The Labute approximate surface area is 189 Å². The van der Waals surface area contributed by atoms with E-state index in [-0.39, 0.29) is 12.1 Å². The number of nitrogens with one attached hydrogen (secondary N) is 1. The van der Waals surface area contributed by atoms with Gasteiger partial charge in [-0.1, -0.05) is 6.07 Å². The minimum Gasteiger partial charge on any atom is -0.491 e.